The van der Waals surface area contributed by atoms with Crippen molar-refractivity contribution in [2.24, 2.45) is 0 Å². The molecule has 1 fully saturated rings. The maximum Gasteiger partial charge on any atom is 0.265 e. The fourth-order valence-corrected chi connectivity index (χ4v) is 3.62. The molecule has 8 heteroatoms. The Bertz CT molecular complexity index is 991. The number of nitrogens with zero attached hydrogens (tertiary/aromatic N) is 2. The SMILES string of the molecule is O=C(C1CN(C(=O)/C=C/c2ccc(F)c(Cl)c2)c2ccccc2O1)N1CCOCC1. The molecular formula is C22H20ClFN2O4. The number of para-hydroxylation sites is 2. The molecule has 30 heavy (non-hydrogen) atoms. The number of carbonyl (C=O) groups is 2. The minimum atomic E-state index is -0.796. The number of anilines is 1. The summed E-state index contributed by atoms with van der Waals surface area (Å²) in [6.07, 6.45) is 2.14. The molecule has 156 valence electrons. The predicted octanol–water partition coefficient (Wildman–Crippen LogP) is 3.15. The molecule has 2 heterocycles. The Morgan fingerprint density at radius 3 is 2.67 bits per heavy atom. The van der Waals surface area contributed by atoms with E-state index in [0.29, 0.717) is 43.3 Å². The molecular weight excluding hydrogens is 411 g/mol. The third kappa shape index (κ3) is 4.32. The summed E-state index contributed by atoms with van der Waals surface area (Å²) in [6.45, 7) is 2.07. The van der Waals surface area contributed by atoms with Crippen molar-refractivity contribution in [3.8, 4) is 5.75 Å². The van der Waals surface area contributed by atoms with Gasteiger partial charge in [0.25, 0.3) is 11.8 Å². The van der Waals surface area contributed by atoms with Gasteiger partial charge in [-0.15, -0.1) is 0 Å². The molecule has 0 aromatic heterocycles. The summed E-state index contributed by atoms with van der Waals surface area (Å²) in [5.41, 5.74) is 1.19. The highest BCUT2D eigenvalue weighted by Crippen LogP contribution is 2.34. The maximum atomic E-state index is 13.3. The maximum absolute atomic E-state index is 13.3. The molecule has 0 radical (unpaired) electrons. The van der Waals surface area contributed by atoms with E-state index in [0.717, 1.165) is 0 Å². The lowest BCUT2D eigenvalue weighted by Gasteiger charge is -2.37. The van der Waals surface area contributed by atoms with E-state index in [2.05, 4.69) is 0 Å². The van der Waals surface area contributed by atoms with Crippen molar-refractivity contribution < 1.29 is 23.5 Å². The third-order valence-electron chi connectivity index (χ3n) is 5.00. The number of fused-ring (bicyclic) bond motifs is 1. The van der Waals surface area contributed by atoms with Gasteiger partial charge >= 0.3 is 0 Å². The van der Waals surface area contributed by atoms with Crippen LogP contribution in [0.3, 0.4) is 0 Å². The van der Waals surface area contributed by atoms with Crippen molar-refractivity contribution in [3.05, 3.63) is 64.9 Å². The van der Waals surface area contributed by atoms with Gasteiger partial charge in [-0.3, -0.25) is 9.59 Å². The van der Waals surface area contributed by atoms with E-state index < -0.39 is 11.9 Å². The van der Waals surface area contributed by atoms with Crippen molar-refractivity contribution in [1.29, 1.82) is 0 Å². The van der Waals surface area contributed by atoms with E-state index >= 15 is 0 Å². The molecule has 0 spiro atoms. The Balaban J connectivity index is 1.55. The van der Waals surface area contributed by atoms with Gasteiger partial charge in [0.15, 0.2) is 6.10 Å². The summed E-state index contributed by atoms with van der Waals surface area (Å²) >= 11 is 5.80. The van der Waals surface area contributed by atoms with Gasteiger partial charge in [-0.25, -0.2) is 4.39 Å². The summed E-state index contributed by atoms with van der Waals surface area (Å²) in [4.78, 5) is 29.1. The largest absolute Gasteiger partial charge is 0.476 e. The second-order valence-corrected chi connectivity index (χ2v) is 7.37. The highest BCUT2D eigenvalue weighted by Gasteiger charge is 2.35. The normalized spacial score (nSPS) is 18.8. The molecule has 0 aliphatic carbocycles. The number of amides is 2. The van der Waals surface area contributed by atoms with E-state index in [9.17, 15) is 14.0 Å². The average Bonchev–Trinajstić information content (AvgIpc) is 2.79. The van der Waals surface area contributed by atoms with Crippen LogP contribution in [0.5, 0.6) is 5.75 Å². The molecule has 1 atom stereocenters. The van der Waals surface area contributed by atoms with Gasteiger partial charge in [0.1, 0.15) is 11.6 Å². The Kier molecular flexibility index (Phi) is 6.01. The molecule has 0 saturated carbocycles. The highest BCUT2D eigenvalue weighted by atomic mass is 35.5. The zero-order valence-corrected chi connectivity index (χ0v) is 16.8. The summed E-state index contributed by atoms with van der Waals surface area (Å²) < 4.78 is 24.5. The fourth-order valence-electron chi connectivity index (χ4n) is 3.43. The number of hydrogen-bond acceptors (Lipinski definition) is 4. The van der Waals surface area contributed by atoms with E-state index in [1.165, 1.54) is 29.2 Å². The van der Waals surface area contributed by atoms with Crippen LogP contribution in [0.2, 0.25) is 5.02 Å². The number of ether oxygens (including phenoxy) is 2. The molecule has 0 bridgehead atoms. The van der Waals surface area contributed by atoms with E-state index in [1.807, 2.05) is 0 Å². The van der Waals surface area contributed by atoms with Crippen LogP contribution in [-0.2, 0) is 14.3 Å². The second-order valence-electron chi connectivity index (χ2n) is 6.97. The van der Waals surface area contributed by atoms with Crippen LogP contribution in [0, 0.1) is 5.82 Å². The van der Waals surface area contributed by atoms with Gasteiger partial charge in [0.2, 0.25) is 0 Å². The topological polar surface area (TPSA) is 59.1 Å². The predicted molar refractivity (Wildman–Crippen MR) is 111 cm³/mol. The number of rotatable bonds is 3. The van der Waals surface area contributed by atoms with Crippen molar-refractivity contribution in [1.82, 2.24) is 4.90 Å². The lowest BCUT2D eigenvalue weighted by Crippen LogP contribution is -2.53. The minimum absolute atomic E-state index is 0.0162. The molecule has 2 aliphatic heterocycles. The van der Waals surface area contributed by atoms with Crippen LogP contribution >= 0.6 is 11.6 Å². The molecule has 2 aliphatic rings. The van der Waals surface area contributed by atoms with Gasteiger partial charge < -0.3 is 19.3 Å². The number of morpholine rings is 1. The first kappa shape index (κ1) is 20.4. The van der Waals surface area contributed by atoms with Crippen LogP contribution in [0.4, 0.5) is 10.1 Å². The number of carbonyl (C=O) groups excluding carboxylic acids is 2. The molecule has 1 unspecified atom stereocenters. The summed E-state index contributed by atoms with van der Waals surface area (Å²) in [5, 5.41) is -0.0162. The molecule has 2 amide bonds. The smallest absolute Gasteiger partial charge is 0.265 e. The summed E-state index contributed by atoms with van der Waals surface area (Å²) in [7, 11) is 0. The Morgan fingerprint density at radius 2 is 1.90 bits per heavy atom. The minimum Gasteiger partial charge on any atom is -0.476 e. The monoisotopic (exact) mass is 430 g/mol. The van der Waals surface area contributed by atoms with Gasteiger partial charge in [-0.1, -0.05) is 29.8 Å². The van der Waals surface area contributed by atoms with Crippen molar-refractivity contribution >= 4 is 35.2 Å². The quantitative estimate of drug-likeness (QED) is 0.702. The van der Waals surface area contributed by atoms with Gasteiger partial charge in [-0.2, -0.15) is 0 Å². The lowest BCUT2D eigenvalue weighted by molar-refractivity contribution is -0.142. The van der Waals surface area contributed by atoms with Crippen molar-refractivity contribution in [3.63, 3.8) is 0 Å². The van der Waals surface area contributed by atoms with Crippen LogP contribution in [-0.4, -0.2) is 55.7 Å². The first-order chi connectivity index (χ1) is 14.5. The Morgan fingerprint density at radius 1 is 1.13 bits per heavy atom. The number of halogens is 2. The Labute approximate surface area is 178 Å². The van der Waals surface area contributed by atoms with Crippen molar-refractivity contribution in [2.75, 3.05) is 37.7 Å². The average molecular weight is 431 g/mol. The molecule has 2 aromatic rings. The highest BCUT2D eigenvalue weighted by molar-refractivity contribution is 6.30. The fraction of sp³-hybridized carbons (Fsp3) is 0.273. The summed E-state index contributed by atoms with van der Waals surface area (Å²) in [5.74, 6) is -0.528. The molecule has 4 rings (SSSR count). The molecule has 0 N–H and O–H groups in total. The van der Waals surface area contributed by atoms with Gasteiger partial charge in [0, 0.05) is 19.2 Å². The Hall–Kier alpha value is -2.90. The van der Waals surface area contributed by atoms with Crippen LogP contribution in [0.1, 0.15) is 5.56 Å². The first-order valence-corrected chi connectivity index (χ1v) is 9.97. The standard InChI is InChI=1S/C22H20ClFN2O4/c23-16-13-15(5-7-17(16)24)6-8-21(27)26-14-20(22(28)25-9-11-29-12-10-25)30-19-4-2-1-3-18(19)26/h1-8,13,20H,9-12,14H2/b8-6+. The zero-order chi connectivity index (χ0) is 21.1. The lowest BCUT2D eigenvalue weighted by atomic mass is 10.1. The third-order valence-corrected chi connectivity index (χ3v) is 5.29. The first-order valence-electron chi connectivity index (χ1n) is 9.60. The van der Waals surface area contributed by atoms with E-state index in [1.54, 1.807) is 35.2 Å². The molecule has 1 saturated heterocycles. The van der Waals surface area contributed by atoms with Crippen LogP contribution in [0.25, 0.3) is 6.08 Å². The second kappa shape index (κ2) is 8.85. The van der Waals surface area contributed by atoms with Crippen molar-refractivity contribution in [2.45, 2.75) is 6.10 Å². The van der Waals surface area contributed by atoms with Crippen LogP contribution in [0.15, 0.2) is 48.5 Å². The van der Waals surface area contributed by atoms with E-state index in [4.69, 9.17) is 21.1 Å². The molecule has 6 nitrogen and oxygen atoms in total. The number of hydrogen-bond donors (Lipinski definition) is 0. The number of benzene rings is 2. The van der Waals surface area contributed by atoms with Gasteiger partial charge in [0.05, 0.1) is 30.5 Å². The summed E-state index contributed by atoms with van der Waals surface area (Å²) in [6, 6.07) is 11.3. The van der Waals surface area contributed by atoms with Gasteiger partial charge in [-0.05, 0) is 35.9 Å². The van der Waals surface area contributed by atoms with Crippen LogP contribution < -0.4 is 9.64 Å². The van der Waals surface area contributed by atoms with E-state index in [-0.39, 0.29) is 23.4 Å². The zero-order valence-electron chi connectivity index (χ0n) is 16.1. The molecule has 2 aromatic carbocycles.